The van der Waals surface area contributed by atoms with Crippen molar-refractivity contribution in [3.8, 4) is 11.4 Å². The molecule has 0 unspecified atom stereocenters. The first-order valence-electron chi connectivity index (χ1n) is 7.65. The van der Waals surface area contributed by atoms with E-state index in [1.54, 1.807) is 0 Å². The Bertz CT molecular complexity index is 679. The number of hydrogen-bond acceptors (Lipinski definition) is 4. The van der Waals surface area contributed by atoms with Gasteiger partial charge in [-0.15, -0.1) is 0 Å². The molecule has 1 spiro atoms. The number of H-pyrrole nitrogens is 1. The van der Waals surface area contributed by atoms with Crippen LogP contribution in [0, 0.1) is 0 Å². The van der Waals surface area contributed by atoms with Crippen LogP contribution in [0.15, 0.2) is 30.6 Å². The molecule has 1 aliphatic heterocycles. The summed E-state index contributed by atoms with van der Waals surface area (Å²) in [4.78, 5) is 18.8. The van der Waals surface area contributed by atoms with Gasteiger partial charge in [-0.3, -0.25) is 9.89 Å². The number of amides is 1. The molecule has 1 saturated heterocycles. The van der Waals surface area contributed by atoms with Crippen molar-refractivity contribution in [2.75, 3.05) is 19.7 Å². The van der Waals surface area contributed by atoms with Crippen LogP contribution in [0.3, 0.4) is 0 Å². The van der Waals surface area contributed by atoms with Crippen LogP contribution >= 0.6 is 0 Å². The van der Waals surface area contributed by atoms with Crippen molar-refractivity contribution in [3.05, 3.63) is 36.2 Å². The average molecular weight is 298 g/mol. The van der Waals surface area contributed by atoms with Gasteiger partial charge in [-0.1, -0.05) is 12.1 Å². The number of aromatic nitrogens is 3. The molecular formula is C16H18N4O2. The number of morpholine rings is 1. The van der Waals surface area contributed by atoms with Crippen molar-refractivity contribution < 1.29 is 9.53 Å². The van der Waals surface area contributed by atoms with E-state index >= 15 is 0 Å². The minimum absolute atomic E-state index is 0.0657. The van der Waals surface area contributed by atoms with E-state index in [0.29, 0.717) is 31.1 Å². The molecule has 1 saturated carbocycles. The third kappa shape index (κ3) is 2.29. The van der Waals surface area contributed by atoms with E-state index in [2.05, 4.69) is 15.2 Å². The van der Waals surface area contributed by atoms with Gasteiger partial charge in [0.15, 0.2) is 5.82 Å². The summed E-state index contributed by atoms with van der Waals surface area (Å²) in [5.74, 6) is 0.739. The number of nitrogens with zero attached hydrogens (tertiary/aromatic N) is 3. The van der Waals surface area contributed by atoms with Crippen LogP contribution in [0.5, 0.6) is 0 Å². The van der Waals surface area contributed by atoms with Gasteiger partial charge < -0.3 is 9.64 Å². The lowest BCUT2D eigenvalue weighted by Gasteiger charge is -2.48. The predicted molar refractivity (Wildman–Crippen MR) is 80.3 cm³/mol. The molecule has 2 aliphatic rings. The van der Waals surface area contributed by atoms with Crippen molar-refractivity contribution in [2.24, 2.45) is 0 Å². The molecule has 22 heavy (non-hydrogen) atoms. The van der Waals surface area contributed by atoms with Gasteiger partial charge in [-0.25, -0.2) is 4.98 Å². The third-order valence-electron chi connectivity index (χ3n) is 4.60. The van der Waals surface area contributed by atoms with Crippen LogP contribution in [0.2, 0.25) is 0 Å². The molecule has 1 N–H and O–H groups in total. The minimum Gasteiger partial charge on any atom is -0.371 e. The maximum atomic E-state index is 12.8. The predicted octanol–water partition coefficient (Wildman–Crippen LogP) is 1.87. The molecule has 1 aliphatic carbocycles. The Morgan fingerprint density at radius 2 is 2.27 bits per heavy atom. The highest BCUT2D eigenvalue weighted by molar-refractivity contribution is 5.95. The second-order valence-electron chi connectivity index (χ2n) is 6.03. The molecule has 2 fully saturated rings. The molecule has 2 heterocycles. The maximum absolute atomic E-state index is 12.8. The quantitative estimate of drug-likeness (QED) is 0.918. The fraction of sp³-hybridized carbons (Fsp3) is 0.438. The van der Waals surface area contributed by atoms with Crippen LogP contribution in [0.1, 0.15) is 29.6 Å². The molecular weight excluding hydrogens is 280 g/mol. The fourth-order valence-corrected chi connectivity index (χ4v) is 3.22. The van der Waals surface area contributed by atoms with Gasteiger partial charge in [0.25, 0.3) is 5.91 Å². The molecule has 6 nitrogen and oxygen atoms in total. The Balaban J connectivity index is 1.56. The lowest BCUT2D eigenvalue weighted by atomic mass is 9.79. The van der Waals surface area contributed by atoms with Gasteiger partial charge in [0.1, 0.15) is 6.33 Å². The van der Waals surface area contributed by atoms with E-state index < -0.39 is 0 Å². The summed E-state index contributed by atoms with van der Waals surface area (Å²) in [5.41, 5.74) is 1.48. The smallest absolute Gasteiger partial charge is 0.254 e. The van der Waals surface area contributed by atoms with E-state index in [1.165, 1.54) is 12.7 Å². The van der Waals surface area contributed by atoms with Gasteiger partial charge >= 0.3 is 0 Å². The Hall–Kier alpha value is -2.21. The second-order valence-corrected chi connectivity index (χ2v) is 6.03. The van der Waals surface area contributed by atoms with E-state index in [9.17, 15) is 4.79 Å². The first kappa shape index (κ1) is 13.5. The van der Waals surface area contributed by atoms with Crippen LogP contribution < -0.4 is 0 Å². The van der Waals surface area contributed by atoms with Crippen molar-refractivity contribution in [1.29, 1.82) is 0 Å². The minimum atomic E-state index is -0.0730. The van der Waals surface area contributed by atoms with Gasteiger partial charge in [0.05, 0.1) is 18.8 Å². The number of benzene rings is 1. The lowest BCUT2D eigenvalue weighted by Crippen LogP contribution is -2.57. The highest BCUT2D eigenvalue weighted by Gasteiger charge is 2.43. The summed E-state index contributed by atoms with van der Waals surface area (Å²) in [7, 11) is 0. The van der Waals surface area contributed by atoms with Crippen molar-refractivity contribution in [1.82, 2.24) is 20.1 Å². The molecule has 4 rings (SSSR count). The summed E-state index contributed by atoms with van der Waals surface area (Å²) in [6.07, 6.45) is 4.79. The Morgan fingerprint density at radius 1 is 1.36 bits per heavy atom. The molecule has 6 heteroatoms. The topological polar surface area (TPSA) is 71.1 Å². The lowest BCUT2D eigenvalue weighted by molar-refractivity contribution is -0.142. The van der Waals surface area contributed by atoms with E-state index in [-0.39, 0.29) is 11.5 Å². The normalized spacial score (nSPS) is 19.9. The average Bonchev–Trinajstić information content (AvgIpc) is 3.07. The van der Waals surface area contributed by atoms with Crippen molar-refractivity contribution >= 4 is 5.91 Å². The van der Waals surface area contributed by atoms with Crippen molar-refractivity contribution in [2.45, 2.75) is 24.9 Å². The largest absolute Gasteiger partial charge is 0.371 e. The number of rotatable bonds is 2. The van der Waals surface area contributed by atoms with Gasteiger partial charge in [0.2, 0.25) is 0 Å². The van der Waals surface area contributed by atoms with Crippen LogP contribution in [0.4, 0.5) is 0 Å². The Labute approximate surface area is 128 Å². The maximum Gasteiger partial charge on any atom is 0.254 e. The summed E-state index contributed by atoms with van der Waals surface area (Å²) >= 11 is 0. The van der Waals surface area contributed by atoms with Gasteiger partial charge in [-0.05, 0) is 31.4 Å². The molecule has 1 aromatic heterocycles. The highest BCUT2D eigenvalue weighted by Crippen LogP contribution is 2.38. The summed E-state index contributed by atoms with van der Waals surface area (Å²) < 4.78 is 5.88. The third-order valence-corrected chi connectivity index (χ3v) is 4.60. The zero-order valence-corrected chi connectivity index (χ0v) is 12.3. The standard InChI is InChI=1S/C16H18N4O2/c21-15(20-7-8-22-16(10-20)5-2-6-16)13-4-1-3-12(9-13)14-17-11-18-19-14/h1,3-4,9,11H,2,5-8,10H2,(H,17,18,19). The molecule has 114 valence electrons. The van der Waals surface area contributed by atoms with Crippen LogP contribution in [-0.4, -0.2) is 51.3 Å². The molecule has 0 bridgehead atoms. The number of ether oxygens (including phenoxy) is 1. The zero-order chi connectivity index (χ0) is 15.0. The number of hydrogen-bond donors (Lipinski definition) is 1. The van der Waals surface area contributed by atoms with Crippen molar-refractivity contribution in [3.63, 3.8) is 0 Å². The molecule has 2 aromatic rings. The number of carbonyl (C=O) groups is 1. The highest BCUT2D eigenvalue weighted by atomic mass is 16.5. The number of aromatic amines is 1. The second kappa shape index (κ2) is 5.21. The van der Waals surface area contributed by atoms with Crippen LogP contribution in [0.25, 0.3) is 11.4 Å². The molecule has 1 aromatic carbocycles. The Kier molecular flexibility index (Phi) is 3.18. The molecule has 0 radical (unpaired) electrons. The summed E-state index contributed by atoms with van der Waals surface area (Å²) in [6.45, 7) is 2.00. The van der Waals surface area contributed by atoms with Gasteiger partial charge in [-0.2, -0.15) is 5.10 Å². The monoisotopic (exact) mass is 298 g/mol. The summed E-state index contributed by atoms with van der Waals surface area (Å²) in [5, 5.41) is 6.68. The summed E-state index contributed by atoms with van der Waals surface area (Å²) in [6, 6.07) is 7.52. The van der Waals surface area contributed by atoms with E-state index in [1.807, 2.05) is 29.2 Å². The van der Waals surface area contributed by atoms with Gasteiger partial charge in [0, 0.05) is 17.7 Å². The van der Waals surface area contributed by atoms with Crippen LogP contribution in [-0.2, 0) is 4.74 Å². The first-order chi connectivity index (χ1) is 10.8. The molecule has 1 amide bonds. The van der Waals surface area contributed by atoms with E-state index in [0.717, 1.165) is 18.4 Å². The SMILES string of the molecule is O=C(c1cccc(-c2ncn[nH]2)c1)N1CCOC2(CCC2)C1. The number of carbonyl (C=O) groups excluding carboxylic acids is 1. The number of nitrogens with one attached hydrogen (secondary N) is 1. The Morgan fingerprint density at radius 3 is 3.00 bits per heavy atom. The first-order valence-corrected chi connectivity index (χ1v) is 7.65. The molecule has 0 atom stereocenters. The zero-order valence-electron chi connectivity index (χ0n) is 12.3. The fourth-order valence-electron chi connectivity index (χ4n) is 3.22. The van der Waals surface area contributed by atoms with E-state index in [4.69, 9.17) is 4.74 Å².